The molecule has 0 radical (unpaired) electrons. The molecule has 0 aliphatic carbocycles. The molecule has 29 heavy (non-hydrogen) atoms. The molecular formula is C19H20F2N6O2. The topological polar surface area (TPSA) is 105 Å². The number of aromatic amines is 1. The maximum absolute atomic E-state index is 14.0. The normalized spacial score (nSPS) is 11.8. The largest absolute Gasteiger partial charge is 0.461 e. The van der Waals surface area contributed by atoms with E-state index in [4.69, 9.17) is 4.74 Å². The van der Waals surface area contributed by atoms with Crippen LogP contribution in [0.5, 0.6) is 0 Å². The Hall–Kier alpha value is -3.56. The zero-order valence-corrected chi connectivity index (χ0v) is 16.1. The molecule has 1 aromatic carbocycles. The molecule has 0 fully saturated rings. The Labute approximate surface area is 165 Å². The summed E-state index contributed by atoms with van der Waals surface area (Å²) in [6.45, 7) is 5.41. The number of carbonyl (C=O) groups excluding carboxylic acids is 1. The van der Waals surface area contributed by atoms with Gasteiger partial charge in [0.05, 0.1) is 12.6 Å². The quantitative estimate of drug-likeness (QED) is 0.515. The van der Waals surface area contributed by atoms with E-state index in [-0.39, 0.29) is 12.3 Å². The van der Waals surface area contributed by atoms with Gasteiger partial charge in [0.25, 0.3) is 0 Å². The summed E-state index contributed by atoms with van der Waals surface area (Å²) in [6.07, 6.45) is 0. The van der Waals surface area contributed by atoms with Crippen molar-refractivity contribution in [3.8, 4) is 0 Å². The van der Waals surface area contributed by atoms with E-state index in [0.29, 0.717) is 28.8 Å². The van der Waals surface area contributed by atoms with E-state index in [1.54, 1.807) is 26.8 Å². The maximum Gasteiger partial charge on any atom is 0.356 e. The van der Waals surface area contributed by atoms with Crippen molar-refractivity contribution in [1.29, 1.82) is 0 Å². The molecule has 3 N–H and O–H groups in total. The van der Waals surface area contributed by atoms with E-state index in [0.717, 1.165) is 6.07 Å². The number of ether oxygens (including phenoxy) is 1. The van der Waals surface area contributed by atoms with Crippen molar-refractivity contribution >= 4 is 23.4 Å². The minimum atomic E-state index is -0.642. The Kier molecular flexibility index (Phi) is 6.01. The Bertz CT molecular complexity index is 1020. The molecule has 0 bridgehead atoms. The number of H-pyrrole nitrogens is 1. The number of carbonyl (C=O) groups is 1. The lowest BCUT2D eigenvalue weighted by molar-refractivity contribution is 0.0519. The number of nitrogens with zero attached hydrogens (tertiary/aromatic N) is 3. The molecule has 2 heterocycles. The van der Waals surface area contributed by atoms with E-state index in [1.807, 2.05) is 0 Å². The first-order valence-electron chi connectivity index (χ1n) is 8.92. The van der Waals surface area contributed by atoms with Gasteiger partial charge in [0.1, 0.15) is 34.8 Å². The predicted octanol–water partition coefficient (Wildman–Crippen LogP) is 3.88. The molecule has 10 heteroatoms. The fourth-order valence-electron chi connectivity index (χ4n) is 2.69. The average molecular weight is 402 g/mol. The highest BCUT2D eigenvalue weighted by Gasteiger charge is 2.14. The second-order valence-corrected chi connectivity index (χ2v) is 6.23. The lowest BCUT2D eigenvalue weighted by Gasteiger charge is -2.16. The Morgan fingerprint density at radius 2 is 1.93 bits per heavy atom. The number of aromatic nitrogens is 4. The SMILES string of the molecule is CCOC(=O)c1cc(Nc2cc(NC(C)c3ccc(F)cc3F)nc(C)n2)n[nH]1. The molecule has 2 aromatic heterocycles. The summed E-state index contributed by atoms with van der Waals surface area (Å²) in [6, 6.07) is 6.08. The second-order valence-electron chi connectivity index (χ2n) is 6.23. The van der Waals surface area contributed by atoms with E-state index in [2.05, 4.69) is 30.8 Å². The summed E-state index contributed by atoms with van der Waals surface area (Å²) in [5, 5.41) is 12.6. The average Bonchev–Trinajstić information content (AvgIpc) is 3.09. The molecule has 3 rings (SSSR count). The summed E-state index contributed by atoms with van der Waals surface area (Å²) < 4.78 is 32.0. The first kappa shape index (κ1) is 20.2. The van der Waals surface area contributed by atoms with Crippen molar-refractivity contribution in [3.05, 3.63) is 59.0 Å². The van der Waals surface area contributed by atoms with Gasteiger partial charge in [0, 0.05) is 23.8 Å². The number of hydrogen-bond acceptors (Lipinski definition) is 7. The summed E-state index contributed by atoms with van der Waals surface area (Å²) >= 11 is 0. The molecule has 152 valence electrons. The fraction of sp³-hybridized carbons (Fsp3) is 0.263. The summed E-state index contributed by atoms with van der Waals surface area (Å²) in [5.41, 5.74) is 0.516. The van der Waals surface area contributed by atoms with Gasteiger partial charge in [0.15, 0.2) is 5.82 Å². The lowest BCUT2D eigenvalue weighted by Crippen LogP contribution is -2.11. The minimum Gasteiger partial charge on any atom is -0.461 e. The maximum atomic E-state index is 14.0. The van der Waals surface area contributed by atoms with Crippen LogP contribution in [-0.4, -0.2) is 32.7 Å². The van der Waals surface area contributed by atoms with Crippen molar-refractivity contribution < 1.29 is 18.3 Å². The number of anilines is 3. The van der Waals surface area contributed by atoms with Gasteiger partial charge in [-0.05, 0) is 26.8 Å². The number of esters is 1. The fourth-order valence-corrected chi connectivity index (χ4v) is 2.69. The molecular weight excluding hydrogens is 382 g/mol. The van der Waals surface area contributed by atoms with Gasteiger partial charge in [-0.25, -0.2) is 23.5 Å². The van der Waals surface area contributed by atoms with Gasteiger partial charge in [-0.1, -0.05) is 6.07 Å². The molecule has 8 nitrogen and oxygen atoms in total. The minimum absolute atomic E-state index is 0.207. The third-order valence-electron chi connectivity index (χ3n) is 3.96. The highest BCUT2D eigenvalue weighted by Crippen LogP contribution is 2.23. The van der Waals surface area contributed by atoms with E-state index >= 15 is 0 Å². The Balaban J connectivity index is 1.75. The molecule has 3 aromatic rings. The van der Waals surface area contributed by atoms with Gasteiger partial charge in [-0.15, -0.1) is 0 Å². The van der Waals surface area contributed by atoms with E-state index in [9.17, 15) is 13.6 Å². The van der Waals surface area contributed by atoms with Crippen LogP contribution < -0.4 is 10.6 Å². The molecule has 1 unspecified atom stereocenters. The van der Waals surface area contributed by atoms with Gasteiger partial charge in [-0.2, -0.15) is 5.10 Å². The third-order valence-corrected chi connectivity index (χ3v) is 3.96. The van der Waals surface area contributed by atoms with E-state index < -0.39 is 23.6 Å². The lowest BCUT2D eigenvalue weighted by atomic mass is 10.1. The molecule has 1 atom stereocenters. The van der Waals surface area contributed by atoms with Crippen molar-refractivity contribution in [2.75, 3.05) is 17.2 Å². The third kappa shape index (κ3) is 5.03. The zero-order valence-electron chi connectivity index (χ0n) is 16.1. The van der Waals surface area contributed by atoms with Gasteiger partial charge in [-0.3, -0.25) is 5.10 Å². The summed E-state index contributed by atoms with van der Waals surface area (Å²) in [5.74, 6) is -0.0863. The number of benzene rings is 1. The number of hydrogen-bond donors (Lipinski definition) is 3. The monoisotopic (exact) mass is 402 g/mol. The smallest absolute Gasteiger partial charge is 0.356 e. The Morgan fingerprint density at radius 1 is 1.17 bits per heavy atom. The number of rotatable bonds is 7. The second kappa shape index (κ2) is 8.63. The van der Waals surface area contributed by atoms with Crippen LogP contribution in [0.25, 0.3) is 0 Å². The summed E-state index contributed by atoms with van der Waals surface area (Å²) in [7, 11) is 0. The van der Waals surface area contributed by atoms with Crippen molar-refractivity contribution in [3.63, 3.8) is 0 Å². The number of aryl methyl sites for hydroxylation is 1. The van der Waals surface area contributed by atoms with Gasteiger partial charge >= 0.3 is 5.97 Å². The van der Waals surface area contributed by atoms with Crippen LogP contribution in [0.3, 0.4) is 0 Å². The van der Waals surface area contributed by atoms with Crippen LogP contribution in [0.2, 0.25) is 0 Å². The van der Waals surface area contributed by atoms with Crippen molar-refractivity contribution in [1.82, 2.24) is 20.2 Å². The first-order chi connectivity index (χ1) is 13.9. The molecule has 0 aliphatic rings. The van der Waals surface area contributed by atoms with Crippen LogP contribution in [0.15, 0.2) is 30.3 Å². The van der Waals surface area contributed by atoms with Crippen molar-refractivity contribution in [2.45, 2.75) is 26.8 Å². The van der Waals surface area contributed by atoms with E-state index in [1.165, 1.54) is 18.2 Å². The van der Waals surface area contributed by atoms with Crippen LogP contribution in [0.4, 0.5) is 26.2 Å². The van der Waals surface area contributed by atoms with Crippen LogP contribution in [0, 0.1) is 18.6 Å². The van der Waals surface area contributed by atoms with Gasteiger partial charge < -0.3 is 15.4 Å². The molecule has 0 saturated heterocycles. The number of nitrogens with one attached hydrogen (secondary N) is 3. The predicted molar refractivity (Wildman–Crippen MR) is 103 cm³/mol. The Morgan fingerprint density at radius 3 is 2.66 bits per heavy atom. The molecule has 0 aliphatic heterocycles. The molecule has 0 amide bonds. The highest BCUT2D eigenvalue weighted by atomic mass is 19.1. The van der Waals surface area contributed by atoms with Crippen LogP contribution in [0.1, 0.15) is 41.8 Å². The van der Waals surface area contributed by atoms with Crippen LogP contribution in [-0.2, 0) is 4.74 Å². The van der Waals surface area contributed by atoms with Crippen LogP contribution >= 0.6 is 0 Å². The number of halogens is 2. The zero-order chi connectivity index (χ0) is 21.0. The first-order valence-corrected chi connectivity index (χ1v) is 8.92. The van der Waals surface area contributed by atoms with Crippen molar-refractivity contribution in [2.24, 2.45) is 0 Å². The van der Waals surface area contributed by atoms with Gasteiger partial charge in [0.2, 0.25) is 0 Å². The summed E-state index contributed by atoms with van der Waals surface area (Å²) in [4.78, 5) is 20.3. The molecule has 0 saturated carbocycles. The highest BCUT2D eigenvalue weighted by molar-refractivity contribution is 5.88. The molecule has 0 spiro atoms. The standard InChI is InChI=1S/C19H20F2N6O2/c1-4-29-19(28)15-8-18(27-26-15)25-17-9-16(23-11(3)24-17)22-10(2)13-6-5-12(20)7-14(13)21/h5-10H,4H2,1-3H3,(H3,22,23,24,25,26,27).